The molecule has 1 aliphatic rings. The highest BCUT2D eigenvalue weighted by molar-refractivity contribution is 7.52. The van der Waals surface area contributed by atoms with Crippen LogP contribution in [0.5, 0.6) is 5.75 Å². The number of anilines is 1. The van der Waals surface area contributed by atoms with E-state index in [1.165, 1.54) is 0 Å². The molecule has 3 aromatic rings. The van der Waals surface area contributed by atoms with Crippen LogP contribution in [0, 0.1) is 23.2 Å². The number of nitrogens with two attached hydrogens (primary N) is 1. The molecule has 2 aromatic heterocycles. The lowest BCUT2D eigenvalue weighted by Gasteiger charge is -2.42. The van der Waals surface area contributed by atoms with Crippen molar-refractivity contribution < 1.29 is 32.3 Å². The second-order valence-electron chi connectivity index (χ2n) is 14.3. The Bertz CT molecular complexity index is 1670. The molecule has 1 unspecified atom stereocenters. The van der Waals surface area contributed by atoms with Crippen LogP contribution >= 0.6 is 7.75 Å². The summed E-state index contributed by atoms with van der Waals surface area (Å²) >= 11 is 0. The van der Waals surface area contributed by atoms with Gasteiger partial charge in [-0.2, -0.15) is 15.4 Å². The van der Waals surface area contributed by atoms with Crippen molar-refractivity contribution in [3.63, 3.8) is 0 Å². The molecule has 6 atom stereocenters. The molecule has 0 saturated carbocycles. The first kappa shape index (κ1) is 38.6. The zero-order valence-electron chi connectivity index (χ0n) is 30.1. The maximum Gasteiger partial charge on any atom is 0.459 e. The minimum Gasteiger partial charge on any atom is -0.464 e. The Morgan fingerprint density at radius 1 is 1.18 bits per heavy atom. The largest absolute Gasteiger partial charge is 0.464 e. The number of fused-ring (bicyclic) bond motifs is 1. The molecule has 3 N–H and O–H groups in total. The van der Waals surface area contributed by atoms with Gasteiger partial charge in [0.2, 0.25) is 5.60 Å². The summed E-state index contributed by atoms with van der Waals surface area (Å²) in [6, 6.07) is 15.2. The normalized spacial score (nSPS) is 23.2. The molecule has 1 aromatic carbocycles. The smallest absolute Gasteiger partial charge is 0.459 e. The Hall–Kier alpha value is -3.24. The number of aromatic nitrogens is 2. The van der Waals surface area contributed by atoms with Gasteiger partial charge in [0.15, 0.2) is 8.32 Å². The van der Waals surface area contributed by atoms with Gasteiger partial charge in [-0.05, 0) is 61.3 Å². The van der Waals surface area contributed by atoms with Crippen LogP contribution in [0.2, 0.25) is 18.1 Å². The highest BCUT2D eigenvalue weighted by Gasteiger charge is 2.60. The van der Waals surface area contributed by atoms with Crippen molar-refractivity contribution in [2.75, 3.05) is 18.9 Å². The second-order valence-corrected chi connectivity index (χ2v) is 20.8. The topological polar surface area (TPSA) is 159 Å². The summed E-state index contributed by atoms with van der Waals surface area (Å²) in [6.45, 7) is 18.2. The van der Waals surface area contributed by atoms with Crippen molar-refractivity contribution >= 4 is 33.2 Å². The number of carbonyl (C=O) groups excluding carboxylic acids is 1. The fraction of sp³-hybridized carbons (Fsp3) is 0.571. The summed E-state index contributed by atoms with van der Waals surface area (Å²) in [7, 11) is -6.69. The third-order valence-electron chi connectivity index (χ3n) is 9.86. The minimum atomic E-state index is -4.21. The standard InChI is InChI=1S/C35H52N5O7PSi/c1-10-26(11-2)21-43-33(41)25(4)39-48(42,46-27-15-13-12-14-16-27)44-22-30-24(3)32(47-49(8,9)34(5,6)7)35(23-36,45-30)31-18-17-29-28(37)19-20-38-40(29)31/h12-20,24-26,30,32H,10-11,21-22,37H2,1-9H3,(H,39,42)/t24-,25+,30-,32?,35+,48+/m1/s1. The molecule has 0 amide bonds. The average molecular weight is 714 g/mol. The fourth-order valence-corrected chi connectivity index (χ4v) is 8.41. The Labute approximate surface area is 291 Å². The van der Waals surface area contributed by atoms with E-state index in [0.29, 0.717) is 16.9 Å². The highest BCUT2D eigenvalue weighted by atomic mass is 31.2. The quantitative estimate of drug-likeness (QED) is 0.0930. The predicted molar refractivity (Wildman–Crippen MR) is 191 cm³/mol. The molecule has 0 spiro atoms. The molecule has 3 heterocycles. The van der Waals surface area contributed by atoms with Crippen LogP contribution in [-0.2, 0) is 33.4 Å². The van der Waals surface area contributed by atoms with Gasteiger partial charge in [-0.1, -0.05) is 72.6 Å². The van der Waals surface area contributed by atoms with E-state index in [1.54, 1.807) is 66.2 Å². The van der Waals surface area contributed by atoms with Gasteiger partial charge in [-0.3, -0.25) is 9.32 Å². The lowest BCUT2D eigenvalue weighted by Crippen LogP contribution is -2.51. The molecule has 1 aliphatic heterocycles. The van der Waals surface area contributed by atoms with Crippen molar-refractivity contribution in [3.05, 3.63) is 60.4 Å². The first-order valence-electron chi connectivity index (χ1n) is 16.9. The molecular formula is C35H52N5O7PSi. The monoisotopic (exact) mass is 713 g/mol. The lowest BCUT2D eigenvalue weighted by molar-refractivity contribution is -0.146. The third-order valence-corrected chi connectivity index (χ3v) is 16.0. The molecule has 12 nitrogen and oxygen atoms in total. The number of ether oxygens (including phenoxy) is 2. The van der Waals surface area contributed by atoms with Gasteiger partial charge < -0.3 is 24.2 Å². The van der Waals surface area contributed by atoms with Gasteiger partial charge in [0, 0.05) is 12.1 Å². The molecule has 1 saturated heterocycles. The van der Waals surface area contributed by atoms with Crippen molar-refractivity contribution in [1.29, 1.82) is 5.26 Å². The number of nitrogen functional groups attached to an aromatic ring is 1. The van der Waals surface area contributed by atoms with Crippen LogP contribution < -0.4 is 15.3 Å². The van der Waals surface area contributed by atoms with Crippen LogP contribution in [-0.4, -0.2) is 55.4 Å². The molecule has 0 aliphatic carbocycles. The molecule has 4 rings (SSSR count). The summed E-state index contributed by atoms with van der Waals surface area (Å²) < 4.78 is 47.2. The highest BCUT2D eigenvalue weighted by Crippen LogP contribution is 2.51. The van der Waals surface area contributed by atoms with E-state index in [9.17, 15) is 14.6 Å². The number of rotatable bonds is 15. The van der Waals surface area contributed by atoms with Gasteiger partial charge in [-0.15, -0.1) is 0 Å². The first-order chi connectivity index (χ1) is 23.0. The number of nitrogens with one attached hydrogen (secondary N) is 1. The molecule has 49 heavy (non-hydrogen) atoms. The molecular weight excluding hydrogens is 661 g/mol. The summed E-state index contributed by atoms with van der Waals surface area (Å²) in [6.07, 6.45) is 1.80. The summed E-state index contributed by atoms with van der Waals surface area (Å²) in [4.78, 5) is 13.0. The number of nitrogens with zero attached hydrogens (tertiary/aromatic N) is 3. The lowest BCUT2D eigenvalue weighted by atomic mass is 9.88. The van der Waals surface area contributed by atoms with Crippen molar-refractivity contribution in [2.45, 2.75) is 103 Å². The van der Waals surface area contributed by atoms with Crippen LogP contribution in [0.15, 0.2) is 54.7 Å². The van der Waals surface area contributed by atoms with E-state index in [-0.39, 0.29) is 29.9 Å². The fourth-order valence-electron chi connectivity index (χ4n) is 5.54. The zero-order chi connectivity index (χ0) is 36.2. The van der Waals surface area contributed by atoms with E-state index >= 15 is 0 Å². The Kier molecular flexibility index (Phi) is 12.1. The van der Waals surface area contributed by atoms with E-state index in [1.807, 2.05) is 20.8 Å². The number of carbonyl (C=O) groups is 1. The Balaban J connectivity index is 1.66. The maximum absolute atomic E-state index is 14.4. The summed E-state index contributed by atoms with van der Waals surface area (Å²) in [5, 5.41) is 18.0. The average Bonchev–Trinajstić information content (AvgIpc) is 3.60. The maximum atomic E-state index is 14.4. The first-order valence-corrected chi connectivity index (χ1v) is 21.4. The molecule has 1 fully saturated rings. The number of para-hydroxylation sites is 1. The van der Waals surface area contributed by atoms with E-state index < -0.39 is 51.8 Å². The summed E-state index contributed by atoms with van der Waals surface area (Å²) in [5.41, 5.74) is 6.24. The second kappa shape index (κ2) is 15.3. The van der Waals surface area contributed by atoms with Crippen LogP contribution in [0.1, 0.15) is 67.0 Å². The third kappa shape index (κ3) is 8.39. The van der Waals surface area contributed by atoms with Crippen LogP contribution in [0.25, 0.3) is 5.52 Å². The van der Waals surface area contributed by atoms with Gasteiger partial charge in [0.1, 0.15) is 17.9 Å². The van der Waals surface area contributed by atoms with Crippen LogP contribution in [0.3, 0.4) is 0 Å². The van der Waals surface area contributed by atoms with E-state index in [4.69, 9.17) is 28.7 Å². The van der Waals surface area contributed by atoms with Gasteiger partial charge in [-0.25, -0.2) is 9.08 Å². The Morgan fingerprint density at radius 3 is 2.47 bits per heavy atom. The number of hydrogen-bond donors (Lipinski definition) is 2. The van der Waals surface area contributed by atoms with Crippen molar-refractivity contribution in [1.82, 2.24) is 14.7 Å². The predicted octanol–water partition coefficient (Wildman–Crippen LogP) is 7.22. The van der Waals surface area contributed by atoms with E-state index in [0.717, 1.165) is 12.8 Å². The zero-order valence-corrected chi connectivity index (χ0v) is 32.0. The minimum absolute atomic E-state index is 0.172. The molecule has 0 radical (unpaired) electrons. The van der Waals surface area contributed by atoms with Crippen molar-refractivity contribution in [3.8, 4) is 11.8 Å². The van der Waals surface area contributed by atoms with Crippen LogP contribution in [0.4, 0.5) is 5.69 Å². The van der Waals surface area contributed by atoms with E-state index in [2.05, 4.69) is 50.1 Å². The SMILES string of the molecule is CCC(CC)COC(=O)[C@H](C)N[P@](=O)(OC[C@H]1O[C@@](C#N)(c2ccc3c(N)ccnn23)C(O[Si](C)(C)C(C)(C)C)[C@@H]1C)Oc1ccccc1. The number of hydrogen-bond acceptors (Lipinski definition) is 10. The Morgan fingerprint density at radius 2 is 1.86 bits per heavy atom. The summed E-state index contributed by atoms with van der Waals surface area (Å²) in [5.74, 6) is -0.471. The van der Waals surface area contributed by atoms with Gasteiger partial charge in [0.05, 0.1) is 42.3 Å². The number of nitriles is 1. The van der Waals surface area contributed by atoms with Gasteiger partial charge >= 0.3 is 13.7 Å². The van der Waals surface area contributed by atoms with Gasteiger partial charge in [0.25, 0.3) is 0 Å². The van der Waals surface area contributed by atoms with Crippen molar-refractivity contribution in [2.24, 2.45) is 11.8 Å². The molecule has 268 valence electrons. The number of esters is 1. The molecule has 0 bridgehead atoms. The number of benzene rings is 1. The molecule has 14 heteroatoms.